The van der Waals surface area contributed by atoms with Crippen molar-refractivity contribution in [2.24, 2.45) is 0 Å². The molecule has 0 unspecified atom stereocenters. The van der Waals surface area contributed by atoms with Crippen molar-refractivity contribution >= 4 is 11.8 Å². The lowest BCUT2D eigenvalue weighted by Crippen LogP contribution is -2.26. The van der Waals surface area contributed by atoms with Gasteiger partial charge in [-0.05, 0) is 37.9 Å². The molecule has 4 nitrogen and oxygen atoms in total. The fourth-order valence-corrected chi connectivity index (χ4v) is 3.26. The smallest absolute Gasteiger partial charge is 0.243 e. The van der Waals surface area contributed by atoms with Crippen molar-refractivity contribution in [3.63, 3.8) is 0 Å². The van der Waals surface area contributed by atoms with Gasteiger partial charge in [-0.1, -0.05) is 29.8 Å². The van der Waals surface area contributed by atoms with E-state index in [4.69, 9.17) is 4.52 Å². The Balaban J connectivity index is 1.61. The van der Waals surface area contributed by atoms with Crippen LogP contribution >= 0.6 is 11.8 Å². The van der Waals surface area contributed by atoms with Crippen LogP contribution in [0.5, 0.6) is 0 Å². The Bertz CT molecular complexity index is 564. The molecule has 20 heavy (non-hydrogen) atoms. The number of thioether (sulfide) groups is 1. The average Bonchev–Trinajstić information content (AvgIpc) is 2.96. The highest BCUT2D eigenvalue weighted by Crippen LogP contribution is 2.26. The van der Waals surface area contributed by atoms with Gasteiger partial charge in [0, 0.05) is 4.90 Å². The zero-order chi connectivity index (χ0) is 13.8. The van der Waals surface area contributed by atoms with E-state index in [1.807, 2.05) is 0 Å². The van der Waals surface area contributed by atoms with Gasteiger partial charge in [0.15, 0.2) is 5.82 Å². The zero-order valence-electron chi connectivity index (χ0n) is 11.6. The van der Waals surface area contributed by atoms with Crippen LogP contribution in [-0.2, 0) is 5.75 Å². The average molecular weight is 289 g/mol. The number of hydrogen-bond acceptors (Lipinski definition) is 5. The van der Waals surface area contributed by atoms with Crippen LogP contribution in [0.25, 0.3) is 0 Å². The fourth-order valence-electron chi connectivity index (χ4n) is 2.39. The highest BCUT2D eigenvalue weighted by atomic mass is 32.2. The zero-order valence-corrected chi connectivity index (χ0v) is 12.4. The van der Waals surface area contributed by atoms with Crippen molar-refractivity contribution in [3.05, 3.63) is 41.5 Å². The number of aryl methyl sites for hydroxylation is 1. The lowest BCUT2D eigenvalue weighted by Gasteiger charge is -2.19. The summed E-state index contributed by atoms with van der Waals surface area (Å²) < 4.78 is 5.39. The quantitative estimate of drug-likeness (QED) is 0.873. The lowest BCUT2D eigenvalue weighted by atomic mass is 10.1. The molecular weight excluding hydrogens is 270 g/mol. The van der Waals surface area contributed by atoms with Crippen LogP contribution < -0.4 is 5.32 Å². The molecule has 0 saturated carbocycles. The van der Waals surface area contributed by atoms with Crippen molar-refractivity contribution in [2.45, 2.75) is 42.9 Å². The molecule has 3 rings (SSSR count). The first-order chi connectivity index (χ1) is 9.83. The Morgan fingerprint density at radius 2 is 2.25 bits per heavy atom. The maximum Gasteiger partial charge on any atom is 0.243 e. The Labute approximate surface area is 123 Å². The second kappa shape index (κ2) is 6.41. The largest absolute Gasteiger partial charge is 0.338 e. The molecule has 106 valence electrons. The SMILES string of the molecule is Cc1ccccc1SCc1noc([C@@H]2CCCCN2)n1. The highest BCUT2D eigenvalue weighted by Gasteiger charge is 2.20. The molecular formula is C15H19N3OS. The Kier molecular flexibility index (Phi) is 4.38. The van der Waals surface area contributed by atoms with E-state index < -0.39 is 0 Å². The summed E-state index contributed by atoms with van der Waals surface area (Å²) in [6.07, 6.45) is 3.56. The minimum atomic E-state index is 0.244. The van der Waals surface area contributed by atoms with Crippen LogP contribution in [0.15, 0.2) is 33.7 Å². The van der Waals surface area contributed by atoms with Gasteiger partial charge in [-0.25, -0.2) is 0 Å². The van der Waals surface area contributed by atoms with Gasteiger partial charge >= 0.3 is 0 Å². The topological polar surface area (TPSA) is 51.0 Å². The Morgan fingerprint density at radius 3 is 3.05 bits per heavy atom. The van der Waals surface area contributed by atoms with Crippen LogP contribution in [-0.4, -0.2) is 16.7 Å². The van der Waals surface area contributed by atoms with Crippen LogP contribution in [0.1, 0.15) is 42.6 Å². The molecule has 1 fully saturated rings. The van der Waals surface area contributed by atoms with E-state index in [1.54, 1.807) is 11.8 Å². The van der Waals surface area contributed by atoms with E-state index in [9.17, 15) is 0 Å². The van der Waals surface area contributed by atoms with E-state index in [1.165, 1.54) is 23.3 Å². The minimum absolute atomic E-state index is 0.244. The van der Waals surface area contributed by atoms with E-state index in [2.05, 4.69) is 46.6 Å². The van der Waals surface area contributed by atoms with Crippen molar-refractivity contribution < 1.29 is 4.52 Å². The number of nitrogens with zero attached hydrogens (tertiary/aromatic N) is 2. The van der Waals surface area contributed by atoms with Crippen molar-refractivity contribution in [1.82, 2.24) is 15.5 Å². The monoisotopic (exact) mass is 289 g/mol. The van der Waals surface area contributed by atoms with Crippen molar-refractivity contribution in [1.29, 1.82) is 0 Å². The molecule has 1 atom stereocenters. The van der Waals surface area contributed by atoms with E-state index in [0.717, 1.165) is 30.4 Å². The fraction of sp³-hybridized carbons (Fsp3) is 0.467. The van der Waals surface area contributed by atoms with Crippen LogP contribution in [0, 0.1) is 6.92 Å². The summed E-state index contributed by atoms with van der Waals surface area (Å²) in [6, 6.07) is 8.61. The summed E-state index contributed by atoms with van der Waals surface area (Å²) in [4.78, 5) is 5.79. The lowest BCUT2D eigenvalue weighted by molar-refractivity contribution is 0.296. The maximum atomic E-state index is 5.39. The molecule has 1 aromatic carbocycles. The molecule has 0 amide bonds. The normalized spacial score (nSPS) is 19.1. The molecule has 1 aliphatic heterocycles. The third-order valence-corrected chi connectivity index (χ3v) is 4.71. The second-order valence-corrected chi connectivity index (χ2v) is 6.12. The summed E-state index contributed by atoms with van der Waals surface area (Å²) in [5.74, 6) is 2.27. The molecule has 0 spiro atoms. The standard InChI is InChI=1S/C15H19N3OS/c1-11-6-2-3-8-13(11)20-10-14-17-15(19-18-14)12-7-4-5-9-16-12/h2-3,6,8,12,16H,4-5,7,9-10H2,1H3/t12-/m0/s1. The van der Waals surface area contributed by atoms with E-state index >= 15 is 0 Å². The summed E-state index contributed by atoms with van der Waals surface area (Å²) in [6.45, 7) is 3.16. The number of aromatic nitrogens is 2. The molecule has 1 saturated heterocycles. The van der Waals surface area contributed by atoms with Crippen molar-refractivity contribution in [3.8, 4) is 0 Å². The van der Waals surface area contributed by atoms with Crippen LogP contribution in [0.2, 0.25) is 0 Å². The van der Waals surface area contributed by atoms with Crippen molar-refractivity contribution in [2.75, 3.05) is 6.54 Å². The van der Waals surface area contributed by atoms with E-state index in [-0.39, 0.29) is 6.04 Å². The van der Waals surface area contributed by atoms with Gasteiger partial charge in [0.1, 0.15) is 0 Å². The van der Waals surface area contributed by atoms with Gasteiger partial charge in [-0.3, -0.25) is 0 Å². The number of benzene rings is 1. The molecule has 5 heteroatoms. The van der Waals surface area contributed by atoms with Crippen LogP contribution in [0.4, 0.5) is 0 Å². The molecule has 1 aromatic heterocycles. The third-order valence-electron chi connectivity index (χ3n) is 3.54. The minimum Gasteiger partial charge on any atom is -0.338 e. The van der Waals surface area contributed by atoms with Gasteiger partial charge in [-0.2, -0.15) is 4.98 Å². The van der Waals surface area contributed by atoms with Gasteiger partial charge in [0.05, 0.1) is 11.8 Å². The first-order valence-electron chi connectivity index (χ1n) is 7.07. The predicted octanol–water partition coefficient (Wildman–Crippen LogP) is 3.48. The molecule has 1 aliphatic rings. The summed E-state index contributed by atoms with van der Waals surface area (Å²) in [7, 11) is 0. The number of hydrogen-bond donors (Lipinski definition) is 1. The van der Waals surface area contributed by atoms with Gasteiger partial charge in [-0.15, -0.1) is 11.8 Å². The summed E-state index contributed by atoms with van der Waals surface area (Å²) in [5, 5.41) is 7.52. The van der Waals surface area contributed by atoms with Gasteiger partial charge in [0.2, 0.25) is 5.89 Å². The van der Waals surface area contributed by atoms with E-state index in [0.29, 0.717) is 0 Å². The first-order valence-corrected chi connectivity index (χ1v) is 8.06. The molecule has 1 N–H and O–H groups in total. The third kappa shape index (κ3) is 3.22. The van der Waals surface area contributed by atoms with Gasteiger partial charge < -0.3 is 9.84 Å². The number of rotatable bonds is 4. The Hall–Kier alpha value is -1.33. The highest BCUT2D eigenvalue weighted by molar-refractivity contribution is 7.98. The molecule has 0 radical (unpaired) electrons. The molecule has 2 aromatic rings. The van der Waals surface area contributed by atoms with Crippen LogP contribution in [0.3, 0.4) is 0 Å². The maximum absolute atomic E-state index is 5.39. The molecule has 2 heterocycles. The number of piperidine rings is 1. The molecule has 0 aliphatic carbocycles. The number of nitrogens with one attached hydrogen (secondary N) is 1. The first kappa shape index (κ1) is 13.6. The summed E-state index contributed by atoms with van der Waals surface area (Å²) in [5.41, 5.74) is 1.29. The molecule has 0 bridgehead atoms. The Morgan fingerprint density at radius 1 is 1.35 bits per heavy atom. The van der Waals surface area contributed by atoms with Gasteiger partial charge in [0.25, 0.3) is 0 Å². The summed E-state index contributed by atoms with van der Waals surface area (Å²) >= 11 is 1.75. The predicted molar refractivity (Wildman–Crippen MR) is 79.6 cm³/mol. The second-order valence-electron chi connectivity index (χ2n) is 5.11.